The Labute approximate surface area is 253 Å². The second-order valence-corrected chi connectivity index (χ2v) is 12.9. The van der Waals surface area contributed by atoms with Gasteiger partial charge in [0.05, 0.1) is 0 Å². The standard InChI is InChI=1S/C39H72N/c1-4-7-9-11-13-15-17-19-21-23-25-27-29-31-33-38-35-37(6-3)36-39(40-38)34-32-30-28-26-24-22-20-18-16-14-12-10-8-5-2/h6,35-36H,4-5,7-34H2,1-3H3. The number of hydrogen-bond acceptors (Lipinski definition) is 1. The highest BCUT2D eigenvalue weighted by Gasteiger charge is 2.04. The van der Waals surface area contributed by atoms with Gasteiger partial charge in [-0.05, 0) is 49.8 Å². The zero-order chi connectivity index (χ0) is 28.8. The van der Waals surface area contributed by atoms with E-state index in [0.29, 0.717) is 0 Å². The maximum atomic E-state index is 5.06. The Balaban J connectivity index is 2.01. The van der Waals surface area contributed by atoms with Gasteiger partial charge in [-0.25, -0.2) is 0 Å². The van der Waals surface area contributed by atoms with Crippen LogP contribution in [0, 0.1) is 6.42 Å². The molecule has 233 valence electrons. The summed E-state index contributed by atoms with van der Waals surface area (Å²) in [6.07, 6.45) is 44.5. The molecule has 1 heteroatoms. The summed E-state index contributed by atoms with van der Waals surface area (Å²) in [5.74, 6) is 0. The van der Waals surface area contributed by atoms with E-state index in [-0.39, 0.29) is 0 Å². The predicted octanol–water partition coefficient (Wildman–Crippen LogP) is 13.7. The van der Waals surface area contributed by atoms with E-state index in [9.17, 15) is 0 Å². The Hall–Kier alpha value is -0.850. The molecule has 0 aromatic carbocycles. The third-order valence-electron chi connectivity index (χ3n) is 8.86. The summed E-state index contributed by atoms with van der Waals surface area (Å²) in [5.41, 5.74) is 4.03. The first-order valence-corrected chi connectivity index (χ1v) is 18.6. The summed E-state index contributed by atoms with van der Waals surface area (Å²) in [4.78, 5) is 5.06. The van der Waals surface area contributed by atoms with Crippen molar-refractivity contribution in [2.24, 2.45) is 0 Å². The SMILES string of the molecule is C[CH]c1cc(CCCCCCCCCCCCCCCC)nc(CCCCCCCCCCCCCCCC)c1. The lowest BCUT2D eigenvalue weighted by Gasteiger charge is -2.09. The fraction of sp³-hybridized carbons (Fsp3) is 0.846. The number of aromatic nitrogens is 1. The topological polar surface area (TPSA) is 12.9 Å². The van der Waals surface area contributed by atoms with Crippen LogP contribution in [0.4, 0.5) is 0 Å². The monoisotopic (exact) mass is 555 g/mol. The van der Waals surface area contributed by atoms with Gasteiger partial charge in [0.2, 0.25) is 0 Å². The van der Waals surface area contributed by atoms with E-state index in [1.54, 1.807) is 0 Å². The summed E-state index contributed by atoms with van der Waals surface area (Å²) in [6.45, 7) is 6.77. The van der Waals surface area contributed by atoms with Crippen molar-refractivity contribution in [1.82, 2.24) is 4.98 Å². The minimum atomic E-state index is 1.16. The first-order valence-electron chi connectivity index (χ1n) is 18.6. The van der Waals surface area contributed by atoms with Crippen molar-refractivity contribution in [3.63, 3.8) is 0 Å². The number of hydrogen-bond donors (Lipinski definition) is 0. The Kier molecular flexibility index (Phi) is 27.5. The van der Waals surface area contributed by atoms with E-state index in [1.165, 1.54) is 197 Å². The number of rotatable bonds is 31. The lowest BCUT2D eigenvalue weighted by Crippen LogP contribution is -1.99. The molecule has 1 aromatic heterocycles. The zero-order valence-corrected chi connectivity index (χ0v) is 27.9. The van der Waals surface area contributed by atoms with E-state index in [4.69, 9.17) is 4.98 Å². The highest BCUT2D eigenvalue weighted by atomic mass is 14.7. The summed E-state index contributed by atoms with van der Waals surface area (Å²) in [5, 5.41) is 0. The molecule has 0 atom stereocenters. The maximum Gasteiger partial charge on any atom is 0.0409 e. The largest absolute Gasteiger partial charge is 0.258 e. The van der Waals surface area contributed by atoms with Crippen molar-refractivity contribution in [3.05, 3.63) is 35.5 Å². The van der Waals surface area contributed by atoms with Gasteiger partial charge in [-0.2, -0.15) is 0 Å². The predicted molar refractivity (Wildman–Crippen MR) is 181 cm³/mol. The number of pyridine rings is 1. The molecule has 1 radical (unpaired) electrons. The summed E-state index contributed by atoms with van der Waals surface area (Å²) < 4.78 is 0. The molecule has 0 spiro atoms. The van der Waals surface area contributed by atoms with Crippen molar-refractivity contribution in [1.29, 1.82) is 0 Å². The van der Waals surface area contributed by atoms with Gasteiger partial charge in [0, 0.05) is 11.4 Å². The molecular formula is C39H72N. The van der Waals surface area contributed by atoms with Crippen LogP contribution in [-0.2, 0) is 12.8 Å². The highest BCUT2D eigenvalue weighted by molar-refractivity contribution is 5.27. The average molecular weight is 555 g/mol. The summed E-state index contributed by atoms with van der Waals surface area (Å²) in [7, 11) is 0. The molecule has 1 aromatic rings. The molecule has 0 unspecified atom stereocenters. The fourth-order valence-electron chi connectivity index (χ4n) is 6.10. The lowest BCUT2D eigenvalue weighted by molar-refractivity contribution is 0.534. The van der Waals surface area contributed by atoms with Crippen LogP contribution in [0.1, 0.15) is 218 Å². The molecule has 0 saturated heterocycles. The van der Waals surface area contributed by atoms with Gasteiger partial charge in [-0.1, -0.05) is 188 Å². The van der Waals surface area contributed by atoms with Crippen molar-refractivity contribution in [2.45, 2.75) is 213 Å². The van der Waals surface area contributed by atoms with E-state index in [1.807, 2.05) is 0 Å². The summed E-state index contributed by atoms with van der Waals surface area (Å²) in [6, 6.07) is 4.66. The molecule has 0 aliphatic rings. The van der Waals surface area contributed by atoms with Crippen LogP contribution >= 0.6 is 0 Å². The normalized spacial score (nSPS) is 11.5. The first kappa shape index (κ1) is 37.2. The smallest absolute Gasteiger partial charge is 0.0409 e. The summed E-state index contributed by atoms with van der Waals surface area (Å²) >= 11 is 0. The highest BCUT2D eigenvalue weighted by Crippen LogP contribution is 2.17. The van der Waals surface area contributed by atoms with E-state index >= 15 is 0 Å². The van der Waals surface area contributed by atoms with Crippen molar-refractivity contribution in [2.75, 3.05) is 0 Å². The van der Waals surface area contributed by atoms with E-state index in [2.05, 4.69) is 39.3 Å². The third-order valence-corrected chi connectivity index (χ3v) is 8.86. The van der Waals surface area contributed by atoms with Crippen LogP contribution in [0.2, 0.25) is 0 Å². The van der Waals surface area contributed by atoms with Gasteiger partial charge >= 0.3 is 0 Å². The molecule has 0 bridgehead atoms. The van der Waals surface area contributed by atoms with Crippen LogP contribution in [0.15, 0.2) is 12.1 Å². The second-order valence-electron chi connectivity index (χ2n) is 12.9. The van der Waals surface area contributed by atoms with Crippen LogP contribution in [0.5, 0.6) is 0 Å². The van der Waals surface area contributed by atoms with Crippen LogP contribution < -0.4 is 0 Å². The van der Waals surface area contributed by atoms with Crippen LogP contribution in [0.3, 0.4) is 0 Å². The Morgan fingerprint density at radius 2 is 0.650 bits per heavy atom. The van der Waals surface area contributed by atoms with Gasteiger partial charge in [-0.15, -0.1) is 0 Å². The molecule has 1 rings (SSSR count). The minimum Gasteiger partial charge on any atom is -0.258 e. The molecule has 1 heterocycles. The Morgan fingerprint density at radius 1 is 0.400 bits per heavy atom. The van der Waals surface area contributed by atoms with Crippen molar-refractivity contribution in [3.8, 4) is 0 Å². The van der Waals surface area contributed by atoms with E-state index in [0.717, 1.165) is 12.8 Å². The first-order chi connectivity index (χ1) is 19.8. The molecule has 0 fully saturated rings. The second kappa shape index (κ2) is 29.6. The molecule has 0 aliphatic carbocycles. The number of unbranched alkanes of at least 4 members (excludes halogenated alkanes) is 26. The van der Waals surface area contributed by atoms with Gasteiger partial charge < -0.3 is 0 Å². The third kappa shape index (κ3) is 23.8. The van der Waals surface area contributed by atoms with Crippen LogP contribution in [-0.4, -0.2) is 4.98 Å². The minimum absolute atomic E-state index is 1.16. The van der Waals surface area contributed by atoms with Crippen molar-refractivity contribution < 1.29 is 0 Å². The van der Waals surface area contributed by atoms with Gasteiger partial charge in [0.1, 0.15) is 0 Å². The quantitative estimate of drug-likeness (QED) is 0.0831. The van der Waals surface area contributed by atoms with Crippen molar-refractivity contribution >= 4 is 0 Å². The molecular weight excluding hydrogens is 482 g/mol. The molecule has 0 aliphatic heterocycles. The maximum absolute atomic E-state index is 5.06. The zero-order valence-electron chi connectivity index (χ0n) is 27.9. The molecule has 0 N–H and O–H groups in total. The fourth-order valence-corrected chi connectivity index (χ4v) is 6.10. The average Bonchev–Trinajstić information content (AvgIpc) is 2.97. The molecule has 40 heavy (non-hydrogen) atoms. The van der Waals surface area contributed by atoms with Crippen LogP contribution in [0.25, 0.3) is 0 Å². The number of nitrogens with zero attached hydrogens (tertiary/aromatic N) is 1. The lowest BCUT2D eigenvalue weighted by atomic mass is 10.0. The molecule has 0 saturated carbocycles. The van der Waals surface area contributed by atoms with Gasteiger partial charge in [0.25, 0.3) is 0 Å². The van der Waals surface area contributed by atoms with Gasteiger partial charge in [-0.3, -0.25) is 4.98 Å². The Morgan fingerprint density at radius 3 is 0.900 bits per heavy atom. The van der Waals surface area contributed by atoms with Gasteiger partial charge in [0.15, 0.2) is 0 Å². The van der Waals surface area contributed by atoms with E-state index < -0.39 is 0 Å². The molecule has 0 amide bonds. The molecule has 1 nitrogen and oxygen atoms in total. The number of aryl methyl sites for hydroxylation is 2. The Bertz CT molecular complexity index is 585.